The Bertz CT molecular complexity index is 489. The predicted octanol–water partition coefficient (Wildman–Crippen LogP) is 1.64. The normalized spacial score (nSPS) is 26.8. The number of likely N-dealkylation sites (tertiary alicyclic amines) is 1. The summed E-state index contributed by atoms with van der Waals surface area (Å²) in [4.78, 5) is 16.8. The fourth-order valence-corrected chi connectivity index (χ4v) is 3.54. The number of carbonyl (C=O) groups excluding carboxylic acids is 1. The van der Waals surface area contributed by atoms with Crippen LogP contribution in [0.2, 0.25) is 0 Å². The fourth-order valence-electron chi connectivity index (χ4n) is 3.54. The molecule has 1 aromatic rings. The molecule has 2 aliphatic heterocycles. The average molecular weight is 307 g/mol. The van der Waals surface area contributed by atoms with Crippen molar-refractivity contribution >= 4 is 5.91 Å². The van der Waals surface area contributed by atoms with Gasteiger partial charge in [0, 0.05) is 38.3 Å². The van der Waals surface area contributed by atoms with Crippen LogP contribution < -0.4 is 0 Å². The largest absolute Gasteiger partial charge is 0.375 e. The molecule has 0 aromatic carbocycles. The van der Waals surface area contributed by atoms with Gasteiger partial charge >= 0.3 is 0 Å². The maximum atomic E-state index is 12.4. The number of aromatic nitrogens is 1. The highest BCUT2D eigenvalue weighted by Crippen LogP contribution is 2.25. The summed E-state index contributed by atoms with van der Waals surface area (Å²) in [7, 11) is 0. The molecule has 0 unspecified atom stereocenters. The third-order valence-electron chi connectivity index (χ3n) is 4.52. The lowest BCUT2D eigenvalue weighted by molar-refractivity contribution is -0.0745. The lowest BCUT2D eigenvalue weighted by atomic mass is 10.0. The van der Waals surface area contributed by atoms with E-state index in [-0.39, 0.29) is 12.0 Å². The Morgan fingerprint density at radius 2 is 2.18 bits per heavy atom. The van der Waals surface area contributed by atoms with Gasteiger partial charge in [-0.15, -0.1) is 0 Å². The van der Waals surface area contributed by atoms with E-state index < -0.39 is 0 Å². The highest BCUT2D eigenvalue weighted by Gasteiger charge is 2.36. The van der Waals surface area contributed by atoms with Crippen LogP contribution in [0.1, 0.15) is 37.2 Å². The van der Waals surface area contributed by atoms with Gasteiger partial charge in [-0.3, -0.25) is 9.69 Å². The maximum Gasteiger partial charge on any atom is 0.292 e. The van der Waals surface area contributed by atoms with Crippen molar-refractivity contribution in [3.8, 4) is 0 Å². The first-order chi connectivity index (χ1) is 10.6. The molecule has 2 aliphatic rings. The zero-order valence-electron chi connectivity index (χ0n) is 13.4. The molecule has 1 amide bonds. The minimum Gasteiger partial charge on any atom is -0.375 e. The van der Waals surface area contributed by atoms with Crippen LogP contribution in [0.15, 0.2) is 16.8 Å². The predicted molar refractivity (Wildman–Crippen MR) is 81.6 cm³/mol. The lowest BCUT2D eigenvalue weighted by Gasteiger charge is -2.41. The number of fused-ring (bicyclic) bond motifs is 1. The topological polar surface area (TPSA) is 58.8 Å². The first-order valence-corrected chi connectivity index (χ1v) is 8.20. The fraction of sp³-hybridized carbons (Fsp3) is 0.750. The van der Waals surface area contributed by atoms with Crippen LogP contribution in [0.4, 0.5) is 0 Å². The number of carbonyl (C=O) groups is 1. The lowest BCUT2D eigenvalue weighted by Crippen LogP contribution is -2.52. The second kappa shape index (κ2) is 6.79. The van der Waals surface area contributed by atoms with Gasteiger partial charge in [0.2, 0.25) is 5.76 Å². The zero-order chi connectivity index (χ0) is 15.5. The molecule has 3 rings (SSSR count). The highest BCUT2D eigenvalue weighted by atomic mass is 16.5. The molecule has 2 fully saturated rings. The quantitative estimate of drug-likeness (QED) is 0.849. The molecule has 6 nitrogen and oxygen atoms in total. The summed E-state index contributed by atoms with van der Waals surface area (Å²) >= 11 is 0. The monoisotopic (exact) mass is 307 g/mol. The Morgan fingerprint density at radius 3 is 2.91 bits per heavy atom. The Kier molecular flexibility index (Phi) is 4.78. The van der Waals surface area contributed by atoms with Gasteiger partial charge in [-0.25, -0.2) is 0 Å². The Morgan fingerprint density at radius 1 is 1.36 bits per heavy atom. The number of amides is 1. The van der Waals surface area contributed by atoms with Crippen molar-refractivity contribution in [3.05, 3.63) is 18.0 Å². The zero-order valence-corrected chi connectivity index (χ0v) is 13.4. The van der Waals surface area contributed by atoms with Crippen LogP contribution in [-0.2, 0) is 4.74 Å². The molecule has 2 atom stereocenters. The van der Waals surface area contributed by atoms with Crippen molar-refractivity contribution < 1.29 is 14.1 Å². The van der Waals surface area contributed by atoms with Gasteiger partial charge in [0.1, 0.15) is 0 Å². The molecule has 0 aliphatic carbocycles. The summed E-state index contributed by atoms with van der Waals surface area (Å²) < 4.78 is 11.0. The molecular weight excluding hydrogens is 282 g/mol. The van der Waals surface area contributed by atoms with E-state index in [4.69, 9.17) is 9.26 Å². The van der Waals surface area contributed by atoms with Crippen LogP contribution in [0, 0.1) is 5.92 Å². The Labute approximate surface area is 131 Å². The molecule has 2 saturated heterocycles. The van der Waals surface area contributed by atoms with Crippen LogP contribution in [0.3, 0.4) is 0 Å². The van der Waals surface area contributed by atoms with Crippen molar-refractivity contribution in [2.24, 2.45) is 5.92 Å². The minimum atomic E-state index is -0.0634. The first-order valence-electron chi connectivity index (χ1n) is 8.20. The van der Waals surface area contributed by atoms with Gasteiger partial charge in [-0.2, -0.15) is 0 Å². The third kappa shape index (κ3) is 3.33. The molecule has 22 heavy (non-hydrogen) atoms. The molecule has 0 spiro atoms. The second-order valence-corrected chi connectivity index (χ2v) is 6.61. The van der Waals surface area contributed by atoms with Crippen molar-refractivity contribution in [2.75, 3.05) is 32.8 Å². The summed E-state index contributed by atoms with van der Waals surface area (Å²) in [5.41, 5.74) is 0. The van der Waals surface area contributed by atoms with E-state index in [1.807, 2.05) is 4.90 Å². The molecule has 6 heteroatoms. The molecule has 3 heterocycles. The summed E-state index contributed by atoms with van der Waals surface area (Å²) in [6.45, 7) is 8.86. The minimum absolute atomic E-state index is 0.0634. The van der Waals surface area contributed by atoms with Crippen LogP contribution >= 0.6 is 0 Å². The summed E-state index contributed by atoms with van der Waals surface area (Å²) in [5.74, 6) is 0.908. The molecule has 0 radical (unpaired) electrons. The standard InChI is InChI=1S/C16H25N3O3/c1-12(2)11-19-9-10-21-14-5-8-18(7-4-13(14)19)16(20)15-3-6-17-22-15/h3,6,12-14H,4-5,7-11H2,1-2H3/t13-,14-/m1/s1. The van der Waals surface area contributed by atoms with Gasteiger partial charge in [0.15, 0.2) is 0 Å². The van der Waals surface area contributed by atoms with Crippen molar-refractivity contribution in [2.45, 2.75) is 38.8 Å². The highest BCUT2D eigenvalue weighted by molar-refractivity contribution is 5.91. The molecule has 0 N–H and O–H groups in total. The maximum absolute atomic E-state index is 12.4. The summed E-state index contributed by atoms with van der Waals surface area (Å²) in [6.07, 6.45) is 3.59. The van der Waals surface area contributed by atoms with E-state index in [1.54, 1.807) is 6.07 Å². The molecule has 0 saturated carbocycles. The van der Waals surface area contributed by atoms with Crippen LogP contribution in [0.25, 0.3) is 0 Å². The van der Waals surface area contributed by atoms with Crippen molar-refractivity contribution in [1.82, 2.24) is 15.0 Å². The number of morpholine rings is 1. The third-order valence-corrected chi connectivity index (χ3v) is 4.52. The van der Waals surface area contributed by atoms with E-state index in [1.165, 1.54) is 6.20 Å². The number of nitrogens with zero attached hydrogens (tertiary/aromatic N) is 3. The molecule has 0 bridgehead atoms. The number of rotatable bonds is 3. The molecular formula is C16H25N3O3. The van der Waals surface area contributed by atoms with E-state index in [0.717, 1.165) is 45.6 Å². The van der Waals surface area contributed by atoms with Crippen LogP contribution in [-0.4, -0.2) is 65.8 Å². The second-order valence-electron chi connectivity index (χ2n) is 6.61. The van der Waals surface area contributed by atoms with E-state index in [2.05, 4.69) is 23.9 Å². The summed E-state index contributed by atoms with van der Waals surface area (Å²) in [5, 5.41) is 3.62. The Balaban J connectivity index is 1.66. The molecule has 122 valence electrons. The van der Waals surface area contributed by atoms with E-state index in [9.17, 15) is 4.79 Å². The SMILES string of the molecule is CC(C)CN1CCO[C@@H]2CCN(C(=O)c3ccno3)CC[C@H]21. The number of ether oxygens (including phenoxy) is 1. The van der Waals surface area contributed by atoms with Gasteiger partial charge in [0.25, 0.3) is 5.91 Å². The van der Waals surface area contributed by atoms with Gasteiger partial charge < -0.3 is 14.2 Å². The Hall–Kier alpha value is -1.40. The number of hydrogen-bond donors (Lipinski definition) is 0. The average Bonchev–Trinajstić information content (AvgIpc) is 2.93. The first kappa shape index (κ1) is 15.5. The van der Waals surface area contributed by atoms with Crippen LogP contribution in [0.5, 0.6) is 0 Å². The van der Waals surface area contributed by atoms with Crippen molar-refractivity contribution in [3.63, 3.8) is 0 Å². The van der Waals surface area contributed by atoms with Gasteiger partial charge in [0.05, 0.1) is 18.9 Å². The molecule has 1 aromatic heterocycles. The van der Waals surface area contributed by atoms with Crippen molar-refractivity contribution in [1.29, 1.82) is 0 Å². The van der Waals surface area contributed by atoms with Gasteiger partial charge in [-0.1, -0.05) is 19.0 Å². The smallest absolute Gasteiger partial charge is 0.292 e. The number of hydrogen-bond acceptors (Lipinski definition) is 5. The van der Waals surface area contributed by atoms with E-state index in [0.29, 0.717) is 17.7 Å². The summed E-state index contributed by atoms with van der Waals surface area (Å²) in [6, 6.07) is 2.05. The van der Waals surface area contributed by atoms with Gasteiger partial charge in [-0.05, 0) is 18.8 Å². The van der Waals surface area contributed by atoms with E-state index >= 15 is 0 Å².